The second kappa shape index (κ2) is 3.85. The van der Waals surface area contributed by atoms with E-state index in [1.807, 2.05) is 33.3 Å². The molecule has 0 aliphatic carbocycles. The monoisotopic (exact) mass is 177 g/mol. The summed E-state index contributed by atoms with van der Waals surface area (Å²) in [7, 11) is -0.230. The van der Waals surface area contributed by atoms with Crippen LogP contribution in [0.2, 0.25) is 0 Å². The Bertz CT molecular complexity index is 177. The minimum atomic E-state index is -0.467. The van der Waals surface area contributed by atoms with Crippen LogP contribution in [0.4, 0.5) is 4.79 Å². The van der Waals surface area contributed by atoms with Gasteiger partial charge in [-0.2, -0.15) is 4.36 Å². The largest absolute Gasteiger partial charge is 0.442 e. The molecular formula is C7H15NO2S. The van der Waals surface area contributed by atoms with Crippen LogP contribution in [0.1, 0.15) is 20.8 Å². The minimum Gasteiger partial charge on any atom is -0.442 e. The molecule has 0 bridgehead atoms. The fourth-order valence-electron chi connectivity index (χ4n) is 0.430. The van der Waals surface area contributed by atoms with Gasteiger partial charge in [0.25, 0.3) is 0 Å². The summed E-state index contributed by atoms with van der Waals surface area (Å²) in [6, 6.07) is 0. The Labute approximate surface area is 70.2 Å². The van der Waals surface area contributed by atoms with Gasteiger partial charge in [-0.25, -0.2) is 4.79 Å². The quantitative estimate of drug-likeness (QED) is 0.567. The molecule has 0 aromatic carbocycles. The fraction of sp³-hybridized carbons (Fsp3) is 0.857. The average Bonchev–Trinajstić information content (AvgIpc) is 1.53. The van der Waals surface area contributed by atoms with Gasteiger partial charge >= 0.3 is 6.09 Å². The maximum absolute atomic E-state index is 10.9. The topological polar surface area (TPSA) is 38.7 Å². The number of carbonyl (C=O) groups excluding carboxylic acids is 1. The van der Waals surface area contributed by atoms with E-state index in [1.165, 1.54) is 0 Å². The van der Waals surface area contributed by atoms with Crippen molar-refractivity contribution < 1.29 is 9.53 Å². The van der Waals surface area contributed by atoms with E-state index >= 15 is 0 Å². The first kappa shape index (κ1) is 10.6. The van der Waals surface area contributed by atoms with E-state index in [0.29, 0.717) is 0 Å². The molecule has 0 fully saturated rings. The van der Waals surface area contributed by atoms with E-state index in [0.717, 1.165) is 0 Å². The van der Waals surface area contributed by atoms with Gasteiger partial charge in [0.05, 0.1) is 0 Å². The predicted molar refractivity (Wildman–Crippen MR) is 47.9 cm³/mol. The molecule has 1 amide bonds. The first-order valence-corrected chi connectivity index (χ1v) is 5.33. The van der Waals surface area contributed by atoms with Crippen molar-refractivity contribution in [3.05, 3.63) is 0 Å². The van der Waals surface area contributed by atoms with E-state index in [-0.39, 0.29) is 10.7 Å². The van der Waals surface area contributed by atoms with E-state index < -0.39 is 11.7 Å². The lowest BCUT2D eigenvalue weighted by Gasteiger charge is -2.17. The van der Waals surface area contributed by atoms with Gasteiger partial charge < -0.3 is 4.74 Å². The molecule has 0 saturated carbocycles. The van der Waals surface area contributed by atoms with Crippen molar-refractivity contribution in [2.24, 2.45) is 4.36 Å². The number of amides is 1. The number of nitrogens with zero attached hydrogens (tertiary/aromatic N) is 1. The molecule has 0 heterocycles. The zero-order valence-electron chi connectivity index (χ0n) is 7.67. The van der Waals surface area contributed by atoms with Crippen LogP contribution in [0.5, 0.6) is 0 Å². The zero-order valence-corrected chi connectivity index (χ0v) is 8.49. The molecule has 0 aromatic rings. The summed E-state index contributed by atoms with van der Waals surface area (Å²) >= 11 is 0. The van der Waals surface area contributed by atoms with Gasteiger partial charge in [-0.05, 0) is 33.3 Å². The molecule has 0 atom stereocenters. The highest BCUT2D eigenvalue weighted by atomic mass is 32.2. The highest BCUT2D eigenvalue weighted by Gasteiger charge is 2.14. The number of hydrogen-bond acceptors (Lipinski definition) is 2. The summed E-state index contributed by atoms with van der Waals surface area (Å²) in [6.45, 7) is 5.47. The van der Waals surface area contributed by atoms with Crippen LogP contribution in [0, 0.1) is 0 Å². The first-order chi connectivity index (χ1) is 4.81. The van der Waals surface area contributed by atoms with Crippen molar-refractivity contribution in [1.29, 1.82) is 0 Å². The van der Waals surface area contributed by atoms with Crippen molar-refractivity contribution >= 4 is 16.8 Å². The molecule has 66 valence electrons. The highest BCUT2D eigenvalue weighted by Crippen LogP contribution is 2.07. The summed E-state index contributed by atoms with van der Waals surface area (Å²) in [6.07, 6.45) is 3.26. The third kappa shape index (κ3) is 7.52. The van der Waals surface area contributed by atoms with Gasteiger partial charge in [0.15, 0.2) is 0 Å². The normalized spacial score (nSPS) is 11.5. The van der Waals surface area contributed by atoms with Gasteiger partial charge in [-0.15, -0.1) is 0 Å². The van der Waals surface area contributed by atoms with E-state index in [2.05, 4.69) is 4.36 Å². The van der Waals surface area contributed by atoms with Crippen molar-refractivity contribution in [3.63, 3.8) is 0 Å². The van der Waals surface area contributed by atoms with Gasteiger partial charge in [0.2, 0.25) is 0 Å². The first-order valence-electron chi connectivity index (χ1n) is 3.34. The van der Waals surface area contributed by atoms with Crippen LogP contribution in [0.3, 0.4) is 0 Å². The number of rotatable bonds is 0. The lowest BCUT2D eigenvalue weighted by atomic mass is 10.2. The number of hydrogen-bond donors (Lipinski definition) is 0. The summed E-state index contributed by atoms with van der Waals surface area (Å²) in [4.78, 5) is 10.9. The van der Waals surface area contributed by atoms with Crippen LogP contribution in [0.15, 0.2) is 4.36 Å². The summed E-state index contributed by atoms with van der Waals surface area (Å²) in [5.74, 6) is 0. The predicted octanol–water partition coefficient (Wildman–Crippen LogP) is 1.98. The van der Waals surface area contributed by atoms with Crippen LogP contribution >= 0.6 is 0 Å². The van der Waals surface area contributed by atoms with Crippen molar-refractivity contribution in [1.82, 2.24) is 0 Å². The number of carbonyl (C=O) groups is 1. The fourth-order valence-corrected chi connectivity index (χ4v) is 0.765. The second-order valence-electron chi connectivity index (χ2n) is 3.35. The standard InChI is InChI=1S/C7H15NO2S/c1-7(2,3)10-6(9)8-11(4)5/h1-5H3. The molecule has 0 aromatic heterocycles. The third-order valence-corrected chi connectivity index (χ3v) is 1.16. The van der Waals surface area contributed by atoms with E-state index in [4.69, 9.17) is 4.74 Å². The van der Waals surface area contributed by atoms with Gasteiger partial charge in [0.1, 0.15) is 5.60 Å². The molecule has 0 N–H and O–H groups in total. The highest BCUT2D eigenvalue weighted by molar-refractivity contribution is 7.86. The maximum Gasteiger partial charge on any atom is 0.440 e. The Morgan fingerprint density at radius 3 is 2.09 bits per heavy atom. The maximum atomic E-state index is 10.9. The Kier molecular flexibility index (Phi) is 3.72. The molecule has 4 heteroatoms. The smallest absolute Gasteiger partial charge is 0.440 e. The molecule has 0 saturated heterocycles. The van der Waals surface area contributed by atoms with Gasteiger partial charge in [-0.1, -0.05) is 10.7 Å². The SMILES string of the molecule is CS(C)=NC(=O)OC(C)(C)C. The average molecular weight is 177 g/mol. The molecule has 0 rings (SSSR count). The minimum absolute atomic E-state index is 0.230. The van der Waals surface area contributed by atoms with Crippen molar-refractivity contribution in [2.75, 3.05) is 12.5 Å². The zero-order chi connectivity index (χ0) is 9.07. The molecule has 11 heavy (non-hydrogen) atoms. The number of ether oxygens (including phenoxy) is 1. The Morgan fingerprint density at radius 2 is 1.82 bits per heavy atom. The summed E-state index contributed by atoms with van der Waals surface area (Å²) in [5.41, 5.74) is -0.431. The Morgan fingerprint density at radius 1 is 1.36 bits per heavy atom. The Balaban J connectivity index is 4.00. The van der Waals surface area contributed by atoms with Crippen molar-refractivity contribution in [3.8, 4) is 0 Å². The van der Waals surface area contributed by atoms with E-state index in [1.54, 1.807) is 0 Å². The Hall–Kier alpha value is -0.380. The second-order valence-corrected chi connectivity index (χ2v) is 5.07. The van der Waals surface area contributed by atoms with Crippen LogP contribution in [-0.4, -0.2) is 24.2 Å². The lowest BCUT2D eigenvalue weighted by Crippen LogP contribution is -2.22. The summed E-state index contributed by atoms with van der Waals surface area (Å²) < 4.78 is 8.68. The van der Waals surface area contributed by atoms with E-state index in [9.17, 15) is 4.79 Å². The molecule has 0 unspecified atom stereocenters. The third-order valence-electron chi connectivity index (χ3n) is 0.651. The molecule has 0 aliphatic rings. The van der Waals surface area contributed by atoms with Crippen LogP contribution in [-0.2, 0) is 15.4 Å². The van der Waals surface area contributed by atoms with Crippen molar-refractivity contribution in [2.45, 2.75) is 26.4 Å². The van der Waals surface area contributed by atoms with Gasteiger partial charge in [-0.3, -0.25) is 0 Å². The molecule has 0 spiro atoms. The van der Waals surface area contributed by atoms with Gasteiger partial charge in [0, 0.05) is 0 Å². The lowest BCUT2D eigenvalue weighted by molar-refractivity contribution is 0.0608. The summed E-state index contributed by atoms with van der Waals surface area (Å²) in [5, 5.41) is 0. The molecule has 3 nitrogen and oxygen atoms in total. The molecule has 0 radical (unpaired) electrons. The molecule has 0 aliphatic heterocycles. The molecular weight excluding hydrogens is 162 g/mol. The van der Waals surface area contributed by atoms with Crippen LogP contribution in [0.25, 0.3) is 0 Å². The van der Waals surface area contributed by atoms with Crippen LogP contribution < -0.4 is 0 Å².